The van der Waals surface area contributed by atoms with Gasteiger partial charge < -0.3 is 9.47 Å². The zero-order valence-corrected chi connectivity index (χ0v) is 15.0. The van der Waals surface area contributed by atoms with Crippen molar-refractivity contribution in [3.63, 3.8) is 0 Å². The van der Waals surface area contributed by atoms with E-state index in [1.165, 1.54) is 4.90 Å². The quantitative estimate of drug-likeness (QED) is 0.546. The van der Waals surface area contributed by atoms with E-state index in [4.69, 9.17) is 9.47 Å². The largest absolute Gasteiger partial charge is 0.447 e. The molecule has 1 aliphatic heterocycles. The average molecular weight is 417 g/mol. The van der Waals surface area contributed by atoms with E-state index in [0.29, 0.717) is 0 Å². The third-order valence-corrected chi connectivity index (χ3v) is 4.98. The minimum Gasteiger partial charge on any atom is -0.447 e. The van der Waals surface area contributed by atoms with Crippen molar-refractivity contribution in [2.75, 3.05) is 13.7 Å². The van der Waals surface area contributed by atoms with Crippen LogP contribution in [0.15, 0.2) is 30.3 Å². The Hall–Kier alpha value is -1.15. The highest BCUT2D eigenvalue weighted by Crippen LogP contribution is 2.30. The molecule has 120 valence electrons. The van der Waals surface area contributed by atoms with Gasteiger partial charge >= 0.3 is 6.09 Å². The second-order valence-electron chi connectivity index (χ2n) is 5.57. The number of halogens is 1. The Balaban J connectivity index is 2.21. The van der Waals surface area contributed by atoms with Crippen LogP contribution < -0.4 is 0 Å². The summed E-state index contributed by atoms with van der Waals surface area (Å²) in [6.07, 6.45) is -0.969. The number of alkyl halides is 1. The minimum atomic E-state index is -0.562. The Morgan fingerprint density at radius 1 is 1.36 bits per heavy atom. The summed E-state index contributed by atoms with van der Waals surface area (Å²) in [5.74, 6) is -0.116. The number of carbonyl (C=O) groups excluding carboxylic acids is 2. The molecule has 0 aliphatic carbocycles. The number of ether oxygens (including phenoxy) is 2. The molecule has 0 unspecified atom stereocenters. The normalized spacial score (nSPS) is 20.9. The molecular weight excluding hydrogens is 397 g/mol. The van der Waals surface area contributed by atoms with Gasteiger partial charge in [0.25, 0.3) is 0 Å². The molecule has 1 saturated heterocycles. The van der Waals surface area contributed by atoms with Crippen molar-refractivity contribution in [1.82, 2.24) is 4.90 Å². The van der Waals surface area contributed by atoms with Gasteiger partial charge in [0, 0.05) is 7.11 Å². The first kappa shape index (κ1) is 17.2. The smallest absolute Gasteiger partial charge is 0.417 e. The molecular formula is C16H20INO4. The van der Waals surface area contributed by atoms with Crippen LogP contribution in [0.4, 0.5) is 4.79 Å². The number of nitrogens with zero attached hydrogens (tertiary/aromatic N) is 1. The topological polar surface area (TPSA) is 55.8 Å². The molecule has 22 heavy (non-hydrogen) atoms. The third-order valence-electron chi connectivity index (χ3n) is 3.80. The van der Waals surface area contributed by atoms with Gasteiger partial charge in [0.15, 0.2) is 0 Å². The molecule has 1 aliphatic rings. The fourth-order valence-corrected chi connectivity index (χ4v) is 3.52. The average Bonchev–Trinajstić information content (AvgIpc) is 2.90. The second-order valence-corrected chi connectivity index (χ2v) is 6.91. The highest BCUT2D eigenvalue weighted by molar-refractivity contribution is 14.1. The van der Waals surface area contributed by atoms with E-state index in [1.807, 2.05) is 66.8 Å². The van der Waals surface area contributed by atoms with Crippen molar-refractivity contribution >= 4 is 34.6 Å². The van der Waals surface area contributed by atoms with Crippen LogP contribution in [0, 0.1) is 5.92 Å². The molecule has 1 heterocycles. The Morgan fingerprint density at radius 2 is 2.00 bits per heavy atom. The molecule has 0 saturated carbocycles. The number of cyclic esters (lactones) is 1. The maximum Gasteiger partial charge on any atom is 0.417 e. The number of methoxy groups -OCH3 is 1. The Labute approximate surface area is 144 Å². The molecule has 1 aromatic rings. The summed E-state index contributed by atoms with van der Waals surface area (Å²) in [5.41, 5.74) is 0.909. The van der Waals surface area contributed by atoms with Crippen LogP contribution in [0.25, 0.3) is 0 Å². The summed E-state index contributed by atoms with van der Waals surface area (Å²) < 4.78 is 10.1. The third kappa shape index (κ3) is 3.43. The number of benzene rings is 1. The number of rotatable bonds is 5. The SMILES string of the molecule is CO[C@@H](c1ccccc1)[C@H](I)C(=O)N1C(=O)OC[C@@H]1C(C)C. The van der Waals surface area contributed by atoms with Crippen LogP contribution in [-0.2, 0) is 14.3 Å². The molecule has 1 fully saturated rings. The Morgan fingerprint density at radius 3 is 2.55 bits per heavy atom. The highest BCUT2D eigenvalue weighted by Gasteiger charge is 2.43. The molecule has 6 heteroatoms. The molecule has 0 aromatic heterocycles. The zero-order valence-electron chi connectivity index (χ0n) is 12.9. The van der Waals surface area contributed by atoms with Crippen molar-refractivity contribution < 1.29 is 19.1 Å². The van der Waals surface area contributed by atoms with Gasteiger partial charge in [-0.2, -0.15) is 0 Å². The highest BCUT2D eigenvalue weighted by atomic mass is 127. The lowest BCUT2D eigenvalue weighted by Crippen LogP contribution is -2.46. The van der Waals surface area contributed by atoms with Crippen LogP contribution in [0.2, 0.25) is 0 Å². The van der Waals surface area contributed by atoms with E-state index in [0.717, 1.165) is 5.56 Å². The summed E-state index contributed by atoms with van der Waals surface area (Å²) in [7, 11) is 1.57. The van der Waals surface area contributed by atoms with Crippen LogP contribution in [-0.4, -0.2) is 40.6 Å². The van der Waals surface area contributed by atoms with Crippen LogP contribution in [0.3, 0.4) is 0 Å². The minimum absolute atomic E-state index is 0.150. The monoisotopic (exact) mass is 417 g/mol. The molecule has 2 amide bonds. The lowest BCUT2D eigenvalue weighted by atomic mass is 10.0. The van der Waals surface area contributed by atoms with E-state index in [1.54, 1.807) is 7.11 Å². The summed E-state index contributed by atoms with van der Waals surface area (Å²) in [4.78, 5) is 25.9. The molecule has 0 bridgehead atoms. The van der Waals surface area contributed by atoms with Crippen LogP contribution in [0.5, 0.6) is 0 Å². The van der Waals surface area contributed by atoms with Gasteiger partial charge in [-0.1, -0.05) is 66.8 Å². The van der Waals surface area contributed by atoms with Crippen molar-refractivity contribution in [1.29, 1.82) is 0 Å². The van der Waals surface area contributed by atoms with Crippen molar-refractivity contribution in [3.8, 4) is 0 Å². The Kier molecular flexibility index (Phi) is 5.80. The molecule has 5 nitrogen and oxygen atoms in total. The van der Waals surface area contributed by atoms with Gasteiger partial charge in [-0.3, -0.25) is 4.79 Å². The van der Waals surface area contributed by atoms with Gasteiger partial charge in [-0.15, -0.1) is 0 Å². The number of imide groups is 1. The van der Waals surface area contributed by atoms with E-state index in [9.17, 15) is 9.59 Å². The van der Waals surface area contributed by atoms with Gasteiger partial charge in [0.2, 0.25) is 5.91 Å². The van der Waals surface area contributed by atoms with Gasteiger partial charge in [-0.25, -0.2) is 9.69 Å². The lowest BCUT2D eigenvalue weighted by molar-refractivity contribution is -0.131. The molecule has 0 radical (unpaired) electrons. The summed E-state index contributed by atoms with van der Waals surface area (Å²) >= 11 is 2.04. The van der Waals surface area contributed by atoms with E-state index < -0.39 is 16.1 Å². The number of amides is 2. The standard InChI is InChI=1S/C16H20INO4/c1-10(2)12-9-22-16(20)18(12)15(19)13(17)14(21-3)11-7-5-4-6-8-11/h4-8,10,12-14H,9H2,1-3H3/t12-,13+,14+/m1/s1. The molecule has 0 N–H and O–H groups in total. The maximum absolute atomic E-state index is 12.8. The fourth-order valence-electron chi connectivity index (χ4n) is 2.51. The first-order chi connectivity index (χ1) is 10.5. The van der Waals surface area contributed by atoms with E-state index >= 15 is 0 Å². The molecule has 3 atom stereocenters. The first-order valence-corrected chi connectivity index (χ1v) is 8.43. The lowest BCUT2D eigenvalue weighted by Gasteiger charge is -2.28. The summed E-state index contributed by atoms with van der Waals surface area (Å²) in [5, 5.41) is 0. The predicted octanol–water partition coefficient (Wildman–Crippen LogP) is 3.18. The number of hydrogen-bond acceptors (Lipinski definition) is 4. The van der Waals surface area contributed by atoms with Crippen LogP contribution in [0.1, 0.15) is 25.5 Å². The van der Waals surface area contributed by atoms with Crippen molar-refractivity contribution in [3.05, 3.63) is 35.9 Å². The molecule has 0 spiro atoms. The van der Waals surface area contributed by atoms with Crippen molar-refractivity contribution in [2.24, 2.45) is 5.92 Å². The summed E-state index contributed by atoms with van der Waals surface area (Å²) in [6.45, 7) is 4.20. The first-order valence-electron chi connectivity index (χ1n) is 7.19. The Bertz CT molecular complexity index is 534. The molecule has 1 aromatic carbocycles. The second kappa shape index (κ2) is 7.41. The zero-order chi connectivity index (χ0) is 16.3. The number of hydrogen-bond donors (Lipinski definition) is 0. The van der Waals surface area contributed by atoms with Gasteiger partial charge in [-0.05, 0) is 11.5 Å². The predicted molar refractivity (Wildman–Crippen MR) is 90.8 cm³/mol. The van der Waals surface area contributed by atoms with E-state index in [-0.39, 0.29) is 24.5 Å². The van der Waals surface area contributed by atoms with Crippen molar-refractivity contribution in [2.45, 2.75) is 29.9 Å². The van der Waals surface area contributed by atoms with Gasteiger partial charge in [0.1, 0.15) is 16.6 Å². The van der Waals surface area contributed by atoms with E-state index in [2.05, 4.69) is 0 Å². The van der Waals surface area contributed by atoms with Gasteiger partial charge in [0.05, 0.1) is 6.04 Å². The fraction of sp³-hybridized carbons (Fsp3) is 0.500. The maximum atomic E-state index is 12.8. The van der Waals surface area contributed by atoms with Crippen LogP contribution >= 0.6 is 22.6 Å². The molecule has 2 rings (SSSR count). The number of carbonyl (C=O) groups is 2. The summed E-state index contributed by atoms with van der Waals surface area (Å²) in [6, 6.07) is 9.31.